The Kier molecular flexibility index (Phi) is 6.68. The quantitative estimate of drug-likeness (QED) is 0.408. The smallest absolute Gasteiger partial charge is 0.341 e. The summed E-state index contributed by atoms with van der Waals surface area (Å²) in [5.74, 6) is -4.02. The van der Waals surface area contributed by atoms with E-state index in [0.29, 0.717) is 25.5 Å². The fraction of sp³-hybridized carbons (Fsp3) is 0.320. The van der Waals surface area contributed by atoms with Crippen molar-refractivity contribution in [1.82, 2.24) is 9.47 Å². The van der Waals surface area contributed by atoms with Gasteiger partial charge in [0.15, 0.2) is 0 Å². The maximum Gasteiger partial charge on any atom is 0.341 e. The standard InChI is InChI=1S/C25H24F2N4O6/c1-13-21-16(23(32)17(25(34)35)12-30(21)19-7-6-15(26)9-18(19)27)10-20(31(36)37)22(13)29-8-4-5-14(11-29)24(33)28(2)3/h6-7,9-10,12,14H,4-5,8,11H2,1-3H3,(H,34,35). The van der Waals surface area contributed by atoms with E-state index in [2.05, 4.69) is 0 Å². The number of pyridine rings is 1. The zero-order chi connectivity index (χ0) is 27.2. The van der Waals surface area contributed by atoms with Crippen molar-refractivity contribution < 1.29 is 28.4 Å². The van der Waals surface area contributed by atoms with Gasteiger partial charge < -0.3 is 19.5 Å². The highest BCUT2D eigenvalue weighted by Crippen LogP contribution is 2.39. The van der Waals surface area contributed by atoms with Crippen molar-refractivity contribution in [2.45, 2.75) is 19.8 Å². The van der Waals surface area contributed by atoms with Crippen molar-refractivity contribution in [3.05, 3.63) is 73.6 Å². The second-order valence-electron chi connectivity index (χ2n) is 9.18. The van der Waals surface area contributed by atoms with Crippen molar-refractivity contribution in [3.63, 3.8) is 0 Å². The molecule has 1 aliphatic rings. The molecule has 12 heteroatoms. The number of nitro groups is 1. The summed E-state index contributed by atoms with van der Waals surface area (Å²) >= 11 is 0. The van der Waals surface area contributed by atoms with Crippen molar-refractivity contribution in [1.29, 1.82) is 0 Å². The van der Waals surface area contributed by atoms with Gasteiger partial charge in [-0.25, -0.2) is 13.6 Å². The predicted molar refractivity (Wildman–Crippen MR) is 131 cm³/mol. The number of aromatic carboxylic acids is 1. The lowest BCUT2D eigenvalue weighted by Crippen LogP contribution is -2.43. The number of nitrogens with zero attached hydrogens (tertiary/aromatic N) is 4. The molecule has 0 spiro atoms. The third kappa shape index (κ3) is 4.50. The average molecular weight is 514 g/mol. The highest BCUT2D eigenvalue weighted by molar-refractivity contribution is 5.98. The summed E-state index contributed by atoms with van der Waals surface area (Å²) in [7, 11) is 3.25. The Labute approximate surface area is 209 Å². The van der Waals surface area contributed by atoms with Crippen LogP contribution in [-0.2, 0) is 4.79 Å². The van der Waals surface area contributed by atoms with E-state index in [0.717, 1.165) is 29.0 Å². The molecule has 1 fully saturated rings. The lowest BCUT2D eigenvalue weighted by atomic mass is 9.94. The molecule has 0 saturated carbocycles. The first kappa shape index (κ1) is 25.7. The van der Waals surface area contributed by atoms with Crippen LogP contribution in [0.25, 0.3) is 16.6 Å². The molecule has 1 aromatic heterocycles. The van der Waals surface area contributed by atoms with Crippen molar-refractivity contribution >= 4 is 34.2 Å². The molecule has 10 nitrogen and oxygen atoms in total. The third-order valence-corrected chi connectivity index (χ3v) is 6.60. The predicted octanol–water partition coefficient (Wildman–Crippen LogP) is 3.49. The number of fused-ring (bicyclic) bond motifs is 1. The molecule has 0 bridgehead atoms. The summed E-state index contributed by atoms with van der Waals surface area (Å²) in [5.41, 5.74) is -1.97. The number of carboxylic acids is 1. The fourth-order valence-electron chi connectivity index (χ4n) is 4.96. The van der Waals surface area contributed by atoms with E-state index in [1.54, 1.807) is 19.0 Å². The molecular formula is C25H24F2N4O6. The number of aryl methyl sites for hydroxylation is 1. The van der Waals surface area contributed by atoms with Crippen LogP contribution in [0.15, 0.2) is 35.3 Å². The summed E-state index contributed by atoms with van der Waals surface area (Å²) in [4.78, 5) is 52.2. The number of hydrogen-bond acceptors (Lipinski definition) is 6. The highest BCUT2D eigenvalue weighted by Gasteiger charge is 2.33. The van der Waals surface area contributed by atoms with E-state index in [-0.39, 0.29) is 40.3 Å². The van der Waals surface area contributed by atoms with Crippen LogP contribution in [0.5, 0.6) is 0 Å². The first-order valence-corrected chi connectivity index (χ1v) is 11.4. The minimum atomic E-state index is -1.60. The first-order valence-electron chi connectivity index (χ1n) is 11.4. The number of aromatic nitrogens is 1. The van der Waals surface area contributed by atoms with Gasteiger partial charge in [-0.05, 0) is 31.9 Å². The van der Waals surface area contributed by atoms with E-state index in [9.17, 15) is 38.4 Å². The number of carboxylic acid groups (broad SMARTS) is 1. The maximum absolute atomic E-state index is 14.9. The minimum absolute atomic E-state index is 0.0437. The van der Waals surface area contributed by atoms with Crippen molar-refractivity contribution in [3.8, 4) is 5.69 Å². The molecule has 1 amide bonds. The second-order valence-corrected chi connectivity index (χ2v) is 9.18. The van der Waals surface area contributed by atoms with Gasteiger partial charge in [0.2, 0.25) is 11.3 Å². The van der Waals surface area contributed by atoms with Gasteiger partial charge in [-0.3, -0.25) is 19.7 Å². The Balaban J connectivity index is 2.07. The Morgan fingerprint density at radius 2 is 1.92 bits per heavy atom. The average Bonchev–Trinajstić information content (AvgIpc) is 2.83. The molecule has 2 aromatic carbocycles. The van der Waals surface area contributed by atoms with Gasteiger partial charge in [0, 0.05) is 51.1 Å². The van der Waals surface area contributed by atoms with E-state index in [1.165, 1.54) is 11.8 Å². The summed E-state index contributed by atoms with van der Waals surface area (Å²) in [6.45, 7) is 2.10. The summed E-state index contributed by atoms with van der Waals surface area (Å²) in [6.07, 6.45) is 2.11. The number of benzene rings is 2. The molecule has 0 aliphatic carbocycles. The Bertz CT molecular complexity index is 1520. The van der Waals surface area contributed by atoms with Crippen LogP contribution in [0.2, 0.25) is 0 Å². The fourth-order valence-corrected chi connectivity index (χ4v) is 4.96. The molecule has 37 heavy (non-hydrogen) atoms. The monoisotopic (exact) mass is 514 g/mol. The van der Waals surface area contributed by atoms with Gasteiger partial charge >= 0.3 is 5.97 Å². The number of halogens is 2. The molecule has 0 radical (unpaired) electrons. The first-order chi connectivity index (χ1) is 17.4. The van der Waals surface area contributed by atoms with Crippen molar-refractivity contribution in [2.75, 3.05) is 32.1 Å². The molecular weight excluding hydrogens is 490 g/mol. The van der Waals surface area contributed by atoms with Crippen LogP contribution >= 0.6 is 0 Å². The lowest BCUT2D eigenvalue weighted by molar-refractivity contribution is -0.384. The number of anilines is 1. The van der Waals surface area contributed by atoms with Gasteiger partial charge in [0.25, 0.3) is 5.69 Å². The number of carbonyl (C=O) groups is 2. The second kappa shape index (κ2) is 9.60. The van der Waals surface area contributed by atoms with Gasteiger partial charge in [-0.15, -0.1) is 0 Å². The van der Waals surface area contributed by atoms with E-state index in [1.807, 2.05) is 0 Å². The number of hydrogen-bond donors (Lipinski definition) is 1. The summed E-state index contributed by atoms with van der Waals surface area (Å²) in [6, 6.07) is 3.67. The van der Waals surface area contributed by atoms with Gasteiger partial charge in [0.1, 0.15) is 22.9 Å². The number of piperidine rings is 1. The molecule has 1 unspecified atom stereocenters. The zero-order valence-electron chi connectivity index (χ0n) is 20.3. The number of amides is 1. The van der Waals surface area contributed by atoms with Gasteiger partial charge in [-0.1, -0.05) is 0 Å². The molecule has 4 rings (SSSR count). The lowest BCUT2D eigenvalue weighted by Gasteiger charge is -2.35. The van der Waals surface area contributed by atoms with Crippen molar-refractivity contribution in [2.24, 2.45) is 5.92 Å². The van der Waals surface area contributed by atoms with Crippen LogP contribution in [0, 0.1) is 34.6 Å². The number of rotatable bonds is 5. The maximum atomic E-state index is 14.9. The SMILES string of the molecule is Cc1c(N2CCCC(C(=O)N(C)C)C2)c([N+](=O)[O-])cc2c(=O)c(C(=O)O)cn(-c3ccc(F)cc3F)c12. The van der Waals surface area contributed by atoms with Crippen LogP contribution in [0.4, 0.5) is 20.2 Å². The third-order valence-electron chi connectivity index (χ3n) is 6.60. The number of carbonyl (C=O) groups excluding carboxylic acids is 1. The molecule has 1 aliphatic heterocycles. The normalized spacial score (nSPS) is 15.6. The molecule has 2 heterocycles. The molecule has 1 saturated heterocycles. The van der Waals surface area contributed by atoms with Gasteiger partial charge in [-0.2, -0.15) is 0 Å². The Hall–Kier alpha value is -4.35. The minimum Gasteiger partial charge on any atom is -0.477 e. The van der Waals surface area contributed by atoms with Gasteiger partial charge in [0.05, 0.1) is 27.4 Å². The summed E-state index contributed by atoms with van der Waals surface area (Å²) < 4.78 is 29.6. The van der Waals surface area contributed by atoms with Crippen LogP contribution in [0.1, 0.15) is 28.8 Å². The molecule has 194 valence electrons. The van der Waals surface area contributed by atoms with Crippen LogP contribution in [-0.4, -0.2) is 58.6 Å². The zero-order valence-corrected chi connectivity index (χ0v) is 20.3. The largest absolute Gasteiger partial charge is 0.477 e. The highest BCUT2D eigenvalue weighted by atomic mass is 19.1. The topological polar surface area (TPSA) is 126 Å². The number of nitro benzene ring substituents is 1. The Morgan fingerprint density at radius 3 is 2.51 bits per heavy atom. The van der Waals surface area contributed by atoms with E-state index >= 15 is 0 Å². The van der Waals surface area contributed by atoms with Crippen LogP contribution < -0.4 is 10.3 Å². The molecule has 1 N–H and O–H groups in total. The summed E-state index contributed by atoms with van der Waals surface area (Å²) in [5, 5.41) is 21.4. The van der Waals surface area contributed by atoms with E-state index < -0.39 is 45.1 Å². The Morgan fingerprint density at radius 1 is 1.22 bits per heavy atom. The van der Waals surface area contributed by atoms with E-state index in [4.69, 9.17) is 0 Å². The molecule has 3 aromatic rings. The van der Waals surface area contributed by atoms with Crippen LogP contribution in [0.3, 0.4) is 0 Å². The molecule has 1 atom stereocenters.